The third kappa shape index (κ3) is 3.72. The Bertz CT molecular complexity index is 711. The van der Waals surface area contributed by atoms with Crippen LogP contribution >= 0.6 is 0 Å². The summed E-state index contributed by atoms with van der Waals surface area (Å²) in [5.41, 5.74) is 1.46. The molecular formula is C21H31N3O3. The highest BCUT2D eigenvalue weighted by molar-refractivity contribution is 5.80. The van der Waals surface area contributed by atoms with E-state index in [4.69, 9.17) is 19.2 Å². The first kappa shape index (κ1) is 18.4. The Kier molecular flexibility index (Phi) is 4.93. The van der Waals surface area contributed by atoms with Gasteiger partial charge in [-0.15, -0.1) is 0 Å². The van der Waals surface area contributed by atoms with Crippen molar-refractivity contribution in [2.24, 2.45) is 10.4 Å². The lowest BCUT2D eigenvalue weighted by atomic mass is 9.84. The van der Waals surface area contributed by atoms with Gasteiger partial charge in [-0.3, -0.25) is 4.99 Å². The van der Waals surface area contributed by atoms with Crippen molar-refractivity contribution in [1.29, 1.82) is 0 Å². The third-order valence-corrected chi connectivity index (χ3v) is 6.04. The number of rotatable bonds is 4. The molecule has 1 aromatic rings. The van der Waals surface area contributed by atoms with Gasteiger partial charge in [-0.2, -0.15) is 0 Å². The van der Waals surface area contributed by atoms with Crippen molar-refractivity contribution in [1.82, 2.24) is 10.2 Å². The molecule has 3 aliphatic rings. The van der Waals surface area contributed by atoms with E-state index < -0.39 is 0 Å². The number of aliphatic imine (C=N–C) groups is 1. The van der Waals surface area contributed by atoms with Gasteiger partial charge >= 0.3 is 0 Å². The van der Waals surface area contributed by atoms with Crippen LogP contribution in [0.1, 0.15) is 39.2 Å². The van der Waals surface area contributed by atoms with Crippen molar-refractivity contribution in [3.8, 4) is 11.5 Å². The van der Waals surface area contributed by atoms with Gasteiger partial charge in [-0.1, -0.05) is 19.9 Å². The van der Waals surface area contributed by atoms with Gasteiger partial charge < -0.3 is 24.4 Å². The van der Waals surface area contributed by atoms with Crippen molar-refractivity contribution in [2.75, 3.05) is 46.2 Å². The second-order valence-corrected chi connectivity index (χ2v) is 8.60. The summed E-state index contributed by atoms with van der Waals surface area (Å²) in [7, 11) is 0. The van der Waals surface area contributed by atoms with Gasteiger partial charge in [0.25, 0.3) is 0 Å². The molecule has 27 heavy (non-hydrogen) atoms. The molecule has 0 bridgehead atoms. The van der Waals surface area contributed by atoms with E-state index in [1.165, 1.54) is 18.4 Å². The molecule has 6 heteroatoms. The van der Waals surface area contributed by atoms with Crippen LogP contribution in [0.3, 0.4) is 0 Å². The molecule has 0 amide bonds. The molecule has 1 atom stereocenters. The topological polar surface area (TPSA) is 55.3 Å². The second kappa shape index (κ2) is 7.23. The molecule has 2 fully saturated rings. The Morgan fingerprint density at radius 1 is 1.26 bits per heavy atom. The Morgan fingerprint density at radius 3 is 2.89 bits per heavy atom. The summed E-state index contributed by atoms with van der Waals surface area (Å²) in [6.45, 7) is 12.4. The van der Waals surface area contributed by atoms with Crippen molar-refractivity contribution >= 4 is 5.96 Å². The van der Waals surface area contributed by atoms with E-state index in [2.05, 4.69) is 43.1 Å². The van der Waals surface area contributed by atoms with Crippen LogP contribution in [-0.2, 0) is 10.2 Å². The van der Waals surface area contributed by atoms with Gasteiger partial charge in [0.05, 0.1) is 13.2 Å². The number of likely N-dealkylation sites (tertiary alicyclic amines) is 1. The van der Waals surface area contributed by atoms with Crippen molar-refractivity contribution < 1.29 is 14.2 Å². The number of nitrogens with zero attached hydrogens (tertiary/aromatic N) is 2. The van der Waals surface area contributed by atoms with Gasteiger partial charge in [0, 0.05) is 37.1 Å². The van der Waals surface area contributed by atoms with Gasteiger partial charge in [-0.05, 0) is 37.5 Å². The lowest BCUT2D eigenvalue weighted by Crippen LogP contribution is -2.42. The molecular weight excluding hydrogens is 342 g/mol. The van der Waals surface area contributed by atoms with Crippen LogP contribution in [0.5, 0.6) is 11.5 Å². The summed E-state index contributed by atoms with van der Waals surface area (Å²) < 4.78 is 16.6. The Morgan fingerprint density at radius 2 is 2.11 bits per heavy atom. The number of benzene rings is 1. The molecule has 148 valence electrons. The standard InChI is InChI=1S/C21H31N3O3/c1-4-22-19(24-9-7-21(13-24)8-10-25-14-21)23-12-20(2,3)16-5-6-17-18(11-16)27-15-26-17/h5-6,11H,4,7-10,12-15H2,1-3H3,(H,22,23). The zero-order valence-electron chi connectivity index (χ0n) is 16.7. The van der Waals surface area contributed by atoms with Crippen LogP contribution in [0.15, 0.2) is 23.2 Å². The first-order valence-corrected chi connectivity index (χ1v) is 10.0. The van der Waals surface area contributed by atoms with Gasteiger partial charge in [0.15, 0.2) is 17.5 Å². The Hall–Kier alpha value is -1.95. The molecule has 3 aliphatic heterocycles. The summed E-state index contributed by atoms with van der Waals surface area (Å²) >= 11 is 0. The minimum Gasteiger partial charge on any atom is -0.454 e. The normalized spacial score (nSPS) is 24.9. The van der Waals surface area contributed by atoms with E-state index in [9.17, 15) is 0 Å². The number of guanidine groups is 1. The maximum absolute atomic E-state index is 5.67. The van der Waals surface area contributed by atoms with Crippen LogP contribution in [-0.4, -0.2) is 57.0 Å². The minimum atomic E-state index is -0.0878. The molecule has 1 spiro atoms. The molecule has 0 saturated carbocycles. The first-order valence-electron chi connectivity index (χ1n) is 10.0. The predicted octanol–water partition coefficient (Wildman–Crippen LogP) is 2.77. The summed E-state index contributed by atoms with van der Waals surface area (Å²) in [5.74, 6) is 2.68. The summed E-state index contributed by atoms with van der Waals surface area (Å²) in [6, 6.07) is 6.21. The SMILES string of the molecule is CCNC(=NCC(C)(C)c1ccc2c(c1)OCO2)N1CCC2(CCOC2)C1. The van der Waals surface area contributed by atoms with Crippen LogP contribution in [0.25, 0.3) is 0 Å². The third-order valence-electron chi connectivity index (χ3n) is 6.04. The van der Waals surface area contributed by atoms with Crippen LogP contribution in [0, 0.1) is 5.41 Å². The van der Waals surface area contributed by atoms with Crippen molar-refractivity contribution in [3.05, 3.63) is 23.8 Å². The van der Waals surface area contributed by atoms with Crippen LogP contribution in [0.2, 0.25) is 0 Å². The fraction of sp³-hybridized carbons (Fsp3) is 0.667. The van der Waals surface area contributed by atoms with E-state index in [1.807, 2.05) is 6.07 Å². The first-order chi connectivity index (χ1) is 13.0. The molecule has 2 saturated heterocycles. The molecule has 1 N–H and O–H groups in total. The molecule has 0 aromatic heterocycles. The quantitative estimate of drug-likeness (QED) is 0.650. The van der Waals surface area contributed by atoms with E-state index in [0.717, 1.165) is 56.9 Å². The number of ether oxygens (including phenoxy) is 3. The van der Waals surface area contributed by atoms with Crippen molar-refractivity contribution in [3.63, 3.8) is 0 Å². The monoisotopic (exact) mass is 373 g/mol. The number of hydrogen-bond acceptors (Lipinski definition) is 4. The number of hydrogen-bond donors (Lipinski definition) is 1. The predicted molar refractivity (Wildman–Crippen MR) is 106 cm³/mol. The molecule has 1 unspecified atom stereocenters. The minimum absolute atomic E-state index is 0.0878. The fourth-order valence-electron chi connectivity index (χ4n) is 4.19. The zero-order valence-corrected chi connectivity index (χ0v) is 16.7. The van der Waals surface area contributed by atoms with Crippen molar-refractivity contribution in [2.45, 2.75) is 39.0 Å². The molecule has 3 heterocycles. The van der Waals surface area contributed by atoms with Gasteiger partial charge in [0.2, 0.25) is 6.79 Å². The summed E-state index contributed by atoms with van der Waals surface area (Å²) in [5, 5.41) is 3.49. The number of nitrogens with one attached hydrogen (secondary N) is 1. The average Bonchev–Trinajstić information content (AvgIpc) is 3.40. The van der Waals surface area contributed by atoms with E-state index in [1.54, 1.807) is 0 Å². The lowest BCUT2D eigenvalue weighted by Gasteiger charge is -2.27. The smallest absolute Gasteiger partial charge is 0.231 e. The zero-order chi connectivity index (χ0) is 18.9. The molecule has 4 rings (SSSR count). The number of fused-ring (bicyclic) bond motifs is 1. The highest BCUT2D eigenvalue weighted by Gasteiger charge is 2.42. The Balaban J connectivity index is 1.48. The van der Waals surface area contributed by atoms with Gasteiger partial charge in [-0.25, -0.2) is 0 Å². The highest BCUT2D eigenvalue weighted by atomic mass is 16.7. The maximum Gasteiger partial charge on any atom is 0.231 e. The van der Waals surface area contributed by atoms with Crippen LogP contribution in [0.4, 0.5) is 0 Å². The largest absolute Gasteiger partial charge is 0.454 e. The maximum atomic E-state index is 5.67. The van der Waals surface area contributed by atoms with E-state index in [-0.39, 0.29) is 5.41 Å². The lowest BCUT2D eigenvalue weighted by molar-refractivity contribution is 0.156. The molecule has 0 radical (unpaired) electrons. The Labute approximate surface area is 161 Å². The van der Waals surface area contributed by atoms with E-state index in [0.29, 0.717) is 12.2 Å². The van der Waals surface area contributed by atoms with Crippen LogP contribution < -0.4 is 14.8 Å². The summed E-state index contributed by atoms with van der Waals surface area (Å²) in [6.07, 6.45) is 2.37. The average molecular weight is 373 g/mol. The fourth-order valence-corrected chi connectivity index (χ4v) is 4.19. The molecule has 6 nitrogen and oxygen atoms in total. The van der Waals surface area contributed by atoms with Gasteiger partial charge in [0.1, 0.15) is 0 Å². The molecule has 0 aliphatic carbocycles. The highest BCUT2D eigenvalue weighted by Crippen LogP contribution is 2.39. The second-order valence-electron chi connectivity index (χ2n) is 8.60. The summed E-state index contributed by atoms with van der Waals surface area (Å²) in [4.78, 5) is 7.42. The molecule has 1 aromatic carbocycles. The van der Waals surface area contributed by atoms with E-state index >= 15 is 0 Å².